The molecule has 0 spiro atoms. The average molecular weight is 550 g/mol. The standard InChI is InChI=1S/C30H23N5O4S/c1-39-30(36)24-18-27(20-12-14-21(15-13-20)31-19-40(37,38)23-10-6-3-7-11-23)32-25-16-17-26-29(28(24)25)34-35(33-26)22-8-4-2-5-9-22/h2-18,31H,19H2,1H3. The Morgan fingerprint density at radius 1 is 0.850 bits per heavy atom. The molecule has 0 atom stereocenters. The van der Waals surface area contributed by atoms with Crippen LogP contribution in [-0.2, 0) is 14.6 Å². The molecule has 0 bridgehead atoms. The number of carbonyl (C=O) groups excluding carboxylic acids is 1. The highest BCUT2D eigenvalue weighted by atomic mass is 32.2. The number of hydrogen-bond acceptors (Lipinski definition) is 8. The van der Waals surface area contributed by atoms with E-state index in [-0.39, 0.29) is 10.8 Å². The Kier molecular flexibility index (Phi) is 6.45. The highest BCUT2D eigenvalue weighted by Gasteiger charge is 2.20. The third-order valence-electron chi connectivity index (χ3n) is 6.46. The second-order valence-electron chi connectivity index (χ2n) is 9.03. The molecule has 0 radical (unpaired) electrons. The first-order chi connectivity index (χ1) is 19.4. The molecule has 0 aliphatic heterocycles. The maximum absolute atomic E-state index is 12.9. The van der Waals surface area contributed by atoms with Crippen molar-refractivity contribution in [2.24, 2.45) is 0 Å². The van der Waals surface area contributed by atoms with E-state index >= 15 is 0 Å². The van der Waals surface area contributed by atoms with Gasteiger partial charge in [0, 0.05) is 16.6 Å². The second-order valence-corrected chi connectivity index (χ2v) is 11.0. The molecule has 0 fully saturated rings. The normalized spacial score (nSPS) is 11.5. The molecule has 2 aromatic heterocycles. The van der Waals surface area contributed by atoms with Crippen LogP contribution in [0, 0.1) is 0 Å². The van der Waals surface area contributed by atoms with Crippen molar-refractivity contribution in [1.29, 1.82) is 0 Å². The third-order valence-corrected chi connectivity index (χ3v) is 7.98. The van der Waals surface area contributed by atoms with Gasteiger partial charge in [0.25, 0.3) is 0 Å². The van der Waals surface area contributed by atoms with Gasteiger partial charge < -0.3 is 10.1 Å². The van der Waals surface area contributed by atoms with Crippen LogP contribution in [0.2, 0.25) is 0 Å². The van der Waals surface area contributed by atoms with Crippen LogP contribution in [0.1, 0.15) is 10.4 Å². The molecule has 198 valence electrons. The van der Waals surface area contributed by atoms with Crippen molar-refractivity contribution in [2.45, 2.75) is 4.90 Å². The van der Waals surface area contributed by atoms with Gasteiger partial charge in [-0.1, -0.05) is 48.5 Å². The fraction of sp³-hybridized carbons (Fsp3) is 0.0667. The number of para-hydroxylation sites is 1. The zero-order valence-electron chi connectivity index (χ0n) is 21.4. The summed E-state index contributed by atoms with van der Waals surface area (Å²) in [7, 11) is -2.15. The van der Waals surface area contributed by atoms with E-state index in [1.165, 1.54) is 11.9 Å². The first-order valence-corrected chi connectivity index (χ1v) is 14.0. The van der Waals surface area contributed by atoms with Crippen molar-refractivity contribution in [3.05, 3.63) is 109 Å². The van der Waals surface area contributed by atoms with Gasteiger partial charge in [-0.05, 0) is 54.6 Å². The smallest absolute Gasteiger partial charge is 0.338 e. The van der Waals surface area contributed by atoms with Gasteiger partial charge in [0.2, 0.25) is 0 Å². The number of sulfone groups is 1. The molecule has 6 aromatic rings. The Balaban J connectivity index is 1.35. The van der Waals surface area contributed by atoms with Crippen LogP contribution in [0.25, 0.3) is 38.9 Å². The maximum Gasteiger partial charge on any atom is 0.338 e. The van der Waals surface area contributed by atoms with E-state index in [0.717, 1.165) is 11.3 Å². The summed E-state index contributed by atoms with van der Waals surface area (Å²) in [5.41, 5.74) is 4.79. The summed E-state index contributed by atoms with van der Waals surface area (Å²) in [5.74, 6) is -0.753. The number of fused-ring (bicyclic) bond motifs is 3. The number of nitrogens with one attached hydrogen (secondary N) is 1. The van der Waals surface area contributed by atoms with Gasteiger partial charge in [-0.3, -0.25) is 0 Å². The number of hydrogen-bond donors (Lipinski definition) is 1. The number of pyridine rings is 1. The van der Waals surface area contributed by atoms with E-state index in [1.807, 2.05) is 54.6 Å². The Labute approximate surface area is 230 Å². The van der Waals surface area contributed by atoms with Crippen LogP contribution in [-0.4, -0.2) is 47.4 Å². The first-order valence-electron chi connectivity index (χ1n) is 12.4. The number of methoxy groups -OCH3 is 1. The quantitative estimate of drug-likeness (QED) is 0.268. The van der Waals surface area contributed by atoms with Crippen LogP contribution >= 0.6 is 0 Å². The molecule has 2 heterocycles. The number of ether oxygens (including phenoxy) is 1. The minimum atomic E-state index is -3.48. The van der Waals surface area contributed by atoms with Gasteiger partial charge in [-0.25, -0.2) is 18.2 Å². The minimum Gasteiger partial charge on any atom is -0.465 e. The molecule has 0 unspecified atom stereocenters. The molecule has 1 N–H and O–H groups in total. The van der Waals surface area contributed by atoms with Gasteiger partial charge in [-0.15, -0.1) is 10.2 Å². The van der Waals surface area contributed by atoms with E-state index in [0.29, 0.717) is 38.9 Å². The van der Waals surface area contributed by atoms with Crippen LogP contribution in [0.5, 0.6) is 0 Å². The Bertz CT molecular complexity index is 1960. The second kappa shape index (κ2) is 10.2. The van der Waals surface area contributed by atoms with Gasteiger partial charge >= 0.3 is 5.97 Å². The number of esters is 1. The van der Waals surface area contributed by atoms with Gasteiger partial charge in [0.05, 0.1) is 34.5 Å². The molecule has 0 amide bonds. The Morgan fingerprint density at radius 2 is 1.52 bits per heavy atom. The van der Waals surface area contributed by atoms with E-state index < -0.39 is 15.8 Å². The average Bonchev–Trinajstić information content (AvgIpc) is 3.45. The predicted molar refractivity (Wildman–Crippen MR) is 153 cm³/mol. The van der Waals surface area contributed by atoms with Crippen LogP contribution < -0.4 is 5.32 Å². The summed E-state index contributed by atoms with van der Waals surface area (Å²) in [6, 6.07) is 30.3. The molecular formula is C30H23N5O4S. The first kappa shape index (κ1) is 25.2. The number of anilines is 1. The topological polar surface area (TPSA) is 116 Å². The van der Waals surface area contributed by atoms with Crippen LogP contribution in [0.4, 0.5) is 5.69 Å². The summed E-state index contributed by atoms with van der Waals surface area (Å²) in [5, 5.41) is 12.8. The lowest BCUT2D eigenvalue weighted by Crippen LogP contribution is -2.14. The third kappa shape index (κ3) is 4.76. The van der Waals surface area contributed by atoms with Crippen molar-refractivity contribution in [3.8, 4) is 16.9 Å². The summed E-state index contributed by atoms with van der Waals surface area (Å²) >= 11 is 0. The number of nitrogens with zero attached hydrogens (tertiary/aromatic N) is 4. The zero-order valence-corrected chi connectivity index (χ0v) is 22.2. The SMILES string of the molecule is COC(=O)c1cc(-c2ccc(NCS(=O)(=O)c3ccccc3)cc2)nc2ccc3nn(-c4ccccc4)nc3c12. The van der Waals surface area contributed by atoms with Gasteiger partial charge in [0.15, 0.2) is 9.84 Å². The molecule has 9 nitrogen and oxygen atoms in total. The summed E-state index contributed by atoms with van der Waals surface area (Å²) in [4.78, 5) is 19.5. The molecule has 0 saturated heterocycles. The zero-order chi connectivity index (χ0) is 27.7. The molecule has 0 saturated carbocycles. The molecule has 6 rings (SSSR count). The monoisotopic (exact) mass is 549 g/mol. The lowest BCUT2D eigenvalue weighted by molar-refractivity contribution is 0.0603. The van der Waals surface area contributed by atoms with Crippen molar-refractivity contribution in [2.75, 3.05) is 18.3 Å². The highest BCUT2D eigenvalue weighted by molar-refractivity contribution is 7.91. The summed E-state index contributed by atoms with van der Waals surface area (Å²) in [6.07, 6.45) is 0. The number of benzene rings is 4. The minimum absolute atomic E-state index is 0.239. The molecule has 0 aliphatic rings. The lowest BCUT2D eigenvalue weighted by atomic mass is 10.0. The molecule has 0 aliphatic carbocycles. The van der Waals surface area contributed by atoms with Gasteiger partial charge in [-0.2, -0.15) is 4.80 Å². The highest BCUT2D eigenvalue weighted by Crippen LogP contribution is 2.31. The fourth-order valence-corrected chi connectivity index (χ4v) is 5.54. The summed E-state index contributed by atoms with van der Waals surface area (Å²) < 4.78 is 30.3. The molecular weight excluding hydrogens is 526 g/mol. The fourth-order valence-electron chi connectivity index (χ4n) is 4.44. The largest absolute Gasteiger partial charge is 0.465 e. The number of carbonyl (C=O) groups is 1. The number of rotatable bonds is 7. The van der Waals surface area contributed by atoms with Crippen LogP contribution in [0.15, 0.2) is 108 Å². The Morgan fingerprint density at radius 3 is 2.23 bits per heavy atom. The molecule has 4 aromatic carbocycles. The van der Waals surface area contributed by atoms with Crippen molar-refractivity contribution in [1.82, 2.24) is 20.0 Å². The van der Waals surface area contributed by atoms with Crippen molar-refractivity contribution in [3.63, 3.8) is 0 Å². The van der Waals surface area contributed by atoms with Crippen molar-refractivity contribution >= 4 is 43.4 Å². The predicted octanol–water partition coefficient (Wildman–Crippen LogP) is 5.27. The van der Waals surface area contributed by atoms with E-state index in [9.17, 15) is 13.2 Å². The lowest BCUT2D eigenvalue weighted by Gasteiger charge is -2.11. The summed E-state index contributed by atoms with van der Waals surface area (Å²) in [6.45, 7) is 0. The number of aromatic nitrogens is 4. The van der Waals surface area contributed by atoms with Gasteiger partial charge in [0.1, 0.15) is 16.9 Å². The molecule has 10 heteroatoms. The maximum atomic E-state index is 12.9. The van der Waals surface area contributed by atoms with E-state index in [4.69, 9.17) is 9.72 Å². The van der Waals surface area contributed by atoms with Crippen LogP contribution in [0.3, 0.4) is 0 Å². The van der Waals surface area contributed by atoms with E-state index in [2.05, 4.69) is 15.5 Å². The Hall–Kier alpha value is -5.09. The van der Waals surface area contributed by atoms with E-state index in [1.54, 1.807) is 48.5 Å². The van der Waals surface area contributed by atoms with Crippen molar-refractivity contribution < 1.29 is 17.9 Å². The molecule has 40 heavy (non-hydrogen) atoms.